The van der Waals surface area contributed by atoms with Crippen molar-refractivity contribution in [2.24, 2.45) is 11.8 Å². The fourth-order valence-corrected chi connectivity index (χ4v) is 6.18. The number of hydrogen-bond donors (Lipinski definition) is 0. The zero-order chi connectivity index (χ0) is 21.5. The minimum atomic E-state index is 0.00345. The van der Waals surface area contributed by atoms with Crippen LogP contribution in [0.15, 0.2) is 36.4 Å². The molecular formula is C23H23Cl2N3O2S. The first-order chi connectivity index (χ1) is 15.0. The van der Waals surface area contributed by atoms with E-state index in [1.54, 1.807) is 29.5 Å². The van der Waals surface area contributed by atoms with E-state index in [0.29, 0.717) is 34.8 Å². The highest BCUT2D eigenvalue weighted by Gasteiger charge is 2.37. The Bertz CT molecular complexity index is 1120. The van der Waals surface area contributed by atoms with Crippen molar-refractivity contribution in [3.8, 4) is 5.75 Å². The molecule has 3 heterocycles. The van der Waals surface area contributed by atoms with Gasteiger partial charge < -0.3 is 14.5 Å². The Balaban J connectivity index is 1.33. The predicted molar refractivity (Wildman–Crippen MR) is 127 cm³/mol. The smallest absolute Gasteiger partial charge is 0.257 e. The number of anilines is 1. The Labute approximate surface area is 195 Å². The molecule has 0 radical (unpaired) electrons. The molecule has 0 aliphatic carbocycles. The van der Waals surface area contributed by atoms with Crippen molar-refractivity contribution in [3.63, 3.8) is 0 Å². The van der Waals surface area contributed by atoms with E-state index in [2.05, 4.69) is 4.90 Å². The van der Waals surface area contributed by atoms with Crippen LogP contribution in [0.25, 0.3) is 10.2 Å². The van der Waals surface area contributed by atoms with Crippen LogP contribution in [0.1, 0.15) is 23.7 Å². The summed E-state index contributed by atoms with van der Waals surface area (Å²) in [5.41, 5.74) is 1.54. The summed E-state index contributed by atoms with van der Waals surface area (Å²) in [6.45, 7) is 5.71. The fourth-order valence-electron chi connectivity index (χ4n) is 4.75. The number of aromatic nitrogens is 1. The third kappa shape index (κ3) is 4.21. The molecule has 0 N–H and O–H groups in total. The Morgan fingerprint density at radius 1 is 1.10 bits per heavy atom. The van der Waals surface area contributed by atoms with Crippen LogP contribution in [0.2, 0.25) is 10.0 Å². The molecule has 3 aromatic rings. The molecule has 2 aliphatic rings. The first-order valence-electron chi connectivity index (χ1n) is 10.5. The van der Waals surface area contributed by atoms with Crippen LogP contribution >= 0.6 is 34.5 Å². The van der Waals surface area contributed by atoms with Crippen LogP contribution in [0.5, 0.6) is 5.75 Å². The van der Waals surface area contributed by atoms with Gasteiger partial charge in [0.2, 0.25) is 0 Å². The van der Waals surface area contributed by atoms with Gasteiger partial charge in [-0.2, -0.15) is 0 Å². The highest BCUT2D eigenvalue weighted by atomic mass is 35.5. The van der Waals surface area contributed by atoms with Crippen molar-refractivity contribution >= 4 is 55.8 Å². The van der Waals surface area contributed by atoms with Gasteiger partial charge in [-0.1, -0.05) is 34.5 Å². The number of fused-ring (bicyclic) bond motifs is 3. The molecule has 0 spiro atoms. The highest BCUT2D eigenvalue weighted by Crippen LogP contribution is 2.37. The zero-order valence-corrected chi connectivity index (χ0v) is 19.5. The molecule has 31 heavy (non-hydrogen) atoms. The van der Waals surface area contributed by atoms with Crippen LogP contribution in [0, 0.1) is 11.8 Å². The predicted octanol–water partition coefficient (Wildman–Crippen LogP) is 5.60. The number of amides is 1. The number of rotatable bonds is 4. The number of nitrogens with zero attached hydrogens (tertiary/aromatic N) is 3. The minimum absolute atomic E-state index is 0.00345. The lowest BCUT2D eigenvalue weighted by molar-refractivity contribution is 0.0561. The lowest BCUT2D eigenvalue weighted by Crippen LogP contribution is -2.54. The molecule has 2 aliphatic heterocycles. The summed E-state index contributed by atoms with van der Waals surface area (Å²) < 4.78 is 6.79. The van der Waals surface area contributed by atoms with Crippen LogP contribution in [0.4, 0.5) is 5.13 Å². The molecule has 8 heteroatoms. The van der Waals surface area contributed by atoms with Gasteiger partial charge in [0.05, 0.1) is 22.4 Å². The summed E-state index contributed by atoms with van der Waals surface area (Å²) in [4.78, 5) is 22.5. The lowest BCUT2D eigenvalue weighted by Gasteiger charge is -2.45. The number of piperidine rings is 2. The maximum Gasteiger partial charge on any atom is 0.257 e. The van der Waals surface area contributed by atoms with Crippen LogP contribution in [-0.2, 0) is 0 Å². The first-order valence-corrected chi connectivity index (χ1v) is 12.1. The van der Waals surface area contributed by atoms with Gasteiger partial charge in [0.1, 0.15) is 5.75 Å². The lowest BCUT2D eigenvalue weighted by atomic mass is 9.84. The second-order valence-corrected chi connectivity index (χ2v) is 10.1. The van der Waals surface area contributed by atoms with Crippen LogP contribution < -0.4 is 9.64 Å². The molecule has 1 aromatic heterocycles. The molecule has 162 valence electrons. The number of carbonyl (C=O) groups excluding carboxylic acids is 1. The minimum Gasteiger partial charge on any atom is -0.493 e. The maximum atomic E-state index is 13.3. The van der Waals surface area contributed by atoms with E-state index in [0.717, 1.165) is 53.0 Å². The second-order valence-electron chi connectivity index (χ2n) is 8.26. The number of likely N-dealkylation sites (tertiary alicyclic amines) is 1. The second kappa shape index (κ2) is 8.49. The molecule has 2 bridgehead atoms. The number of carbonyl (C=O) groups is 1. The van der Waals surface area contributed by atoms with Crippen LogP contribution in [0.3, 0.4) is 0 Å². The van der Waals surface area contributed by atoms with Crippen molar-refractivity contribution < 1.29 is 9.53 Å². The zero-order valence-electron chi connectivity index (χ0n) is 17.2. The molecule has 2 unspecified atom stereocenters. The average Bonchev–Trinajstić information content (AvgIpc) is 3.17. The third-order valence-electron chi connectivity index (χ3n) is 5.95. The maximum absolute atomic E-state index is 13.3. The highest BCUT2D eigenvalue weighted by molar-refractivity contribution is 7.22. The van der Waals surface area contributed by atoms with Gasteiger partial charge in [0, 0.05) is 36.2 Å². The molecule has 5 nitrogen and oxygen atoms in total. The van der Waals surface area contributed by atoms with Crippen molar-refractivity contribution in [2.75, 3.05) is 37.7 Å². The standard InChI is InChI=1S/C23H23Cl2N3O2S/c1-2-30-20-6-4-16(24)8-18(20)22(29)27-10-14-7-15(11-27)13-28(12-14)23-26-19-5-3-17(25)9-21(19)31-23/h3-6,8-9,14-15H,2,7,10-13H2,1H3. The fraction of sp³-hybridized carbons (Fsp3) is 0.391. The van der Waals surface area contributed by atoms with Crippen molar-refractivity contribution in [1.82, 2.24) is 9.88 Å². The molecular weight excluding hydrogens is 453 g/mol. The summed E-state index contributed by atoms with van der Waals surface area (Å²) in [6, 6.07) is 11.1. The normalized spacial score (nSPS) is 20.9. The quantitative estimate of drug-likeness (QED) is 0.492. The van der Waals surface area contributed by atoms with Crippen LogP contribution in [-0.4, -0.2) is 48.6 Å². The molecule has 0 saturated carbocycles. The molecule has 2 saturated heterocycles. The summed E-state index contributed by atoms with van der Waals surface area (Å²) in [5, 5.41) is 2.33. The van der Waals surface area contributed by atoms with Crippen molar-refractivity contribution in [2.45, 2.75) is 13.3 Å². The van der Waals surface area contributed by atoms with E-state index < -0.39 is 0 Å². The van der Waals surface area contributed by atoms with Gasteiger partial charge in [0.15, 0.2) is 5.13 Å². The van der Waals surface area contributed by atoms with E-state index in [4.69, 9.17) is 32.9 Å². The third-order valence-corrected chi connectivity index (χ3v) is 7.50. The van der Waals surface area contributed by atoms with Crippen molar-refractivity contribution in [3.05, 3.63) is 52.0 Å². The van der Waals surface area contributed by atoms with Gasteiger partial charge in [-0.15, -0.1) is 0 Å². The Morgan fingerprint density at radius 3 is 2.55 bits per heavy atom. The SMILES string of the molecule is CCOc1ccc(Cl)cc1C(=O)N1CC2CC(C1)CN(c1nc3ccc(Cl)cc3s1)C2. The molecule has 5 rings (SSSR count). The van der Waals surface area contributed by atoms with E-state index in [9.17, 15) is 4.79 Å². The van der Waals surface area contributed by atoms with Gasteiger partial charge >= 0.3 is 0 Å². The van der Waals surface area contributed by atoms with E-state index in [1.165, 1.54) is 0 Å². The molecule has 1 amide bonds. The van der Waals surface area contributed by atoms with E-state index in [-0.39, 0.29) is 5.91 Å². The summed E-state index contributed by atoms with van der Waals surface area (Å²) >= 11 is 14.0. The Morgan fingerprint density at radius 2 is 1.81 bits per heavy atom. The monoisotopic (exact) mass is 475 g/mol. The number of halogens is 2. The number of ether oxygens (including phenoxy) is 1. The summed E-state index contributed by atoms with van der Waals surface area (Å²) in [5.74, 6) is 1.44. The molecule has 2 aromatic carbocycles. The van der Waals surface area contributed by atoms with Crippen molar-refractivity contribution in [1.29, 1.82) is 0 Å². The molecule has 2 fully saturated rings. The van der Waals surface area contributed by atoms with Gasteiger partial charge in [0.25, 0.3) is 5.91 Å². The number of benzene rings is 2. The van der Waals surface area contributed by atoms with E-state index in [1.807, 2.05) is 30.0 Å². The van der Waals surface area contributed by atoms with Gasteiger partial charge in [-0.25, -0.2) is 4.98 Å². The number of thiazole rings is 1. The summed E-state index contributed by atoms with van der Waals surface area (Å²) in [7, 11) is 0. The molecule has 2 atom stereocenters. The average molecular weight is 476 g/mol. The summed E-state index contributed by atoms with van der Waals surface area (Å²) in [6.07, 6.45) is 1.14. The van der Waals surface area contributed by atoms with Gasteiger partial charge in [-0.3, -0.25) is 4.79 Å². The Hall–Kier alpha value is -2.02. The topological polar surface area (TPSA) is 45.7 Å². The largest absolute Gasteiger partial charge is 0.493 e. The first kappa shape index (κ1) is 20.9. The number of hydrogen-bond acceptors (Lipinski definition) is 5. The Kier molecular flexibility index (Phi) is 5.71. The van der Waals surface area contributed by atoms with Gasteiger partial charge in [-0.05, 0) is 61.6 Å². The van der Waals surface area contributed by atoms with E-state index >= 15 is 0 Å².